The minimum atomic E-state index is -1.14. The van der Waals surface area contributed by atoms with Gasteiger partial charge in [0.25, 0.3) is 5.91 Å². The average Bonchev–Trinajstić information content (AvgIpc) is 2.39. The highest BCUT2D eigenvalue weighted by Gasteiger charge is 2.14. The lowest BCUT2D eigenvalue weighted by Crippen LogP contribution is -2.16. The first kappa shape index (κ1) is 14.0. The summed E-state index contributed by atoms with van der Waals surface area (Å²) in [5, 5.41) is 11.6. The lowest BCUT2D eigenvalue weighted by molar-refractivity contribution is 0.0698. The van der Waals surface area contributed by atoms with E-state index < -0.39 is 11.9 Å². The molecule has 102 valence electrons. The quantitative estimate of drug-likeness (QED) is 0.798. The van der Waals surface area contributed by atoms with E-state index in [4.69, 9.17) is 5.11 Å². The lowest BCUT2D eigenvalue weighted by Gasteiger charge is -2.08. The van der Waals surface area contributed by atoms with Crippen LogP contribution < -0.4 is 10.9 Å². The van der Waals surface area contributed by atoms with E-state index in [1.54, 1.807) is 6.07 Å². The second-order valence-electron chi connectivity index (χ2n) is 3.89. The molecule has 0 unspecified atom stereocenters. The second kappa shape index (κ2) is 5.70. The fourth-order valence-corrected chi connectivity index (χ4v) is 1.91. The molecule has 0 saturated heterocycles. The van der Waals surface area contributed by atoms with Crippen molar-refractivity contribution in [2.24, 2.45) is 0 Å². The molecule has 0 saturated carbocycles. The number of aromatic nitrogens is 1. The molecule has 1 aromatic carbocycles. The van der Waals surface area contributed by atoms with Crippen molar-refractivity contribution in [2.45, 2.75) is 0 Å². The summed E-state index contributed by atoms with van der Waals surface area (Å²) in [6.45, 7) is 0. The second-order valence-corrected chi connectivity index (χ2v) is 4.81. The highest BCUT2D eigenvalue weighted by molar-refractivity contribution is 9.10. The highest BCUT2D eigenvalue weighted by Crippen LogP contribution is 2.22. The number of benzene rings is 1. The number of carboxylic acids is 1. The van der Waals surface area contributed by atoms with E-state index in [9.17, 15) is 14.4 Å². The molecule has 0 fully saturated rings. The Bertz CT molecular complexity index is 719. The average molecular weight is 337 g/mol. The van der Waals surface area contributed by atoms with E-state index >= 15 is 0 Å². The van der Waals surface area contributed by atoms with Gasteiger partial charge in [0.2, 0.25) is 5.56 Å². The van der Waals surface area contributed by atoms with Gasteiger partial charge in [0, 0.05) is 16.7 Å². The minimum Gasteiger partial charge on any atom is -0.478 e. The maximum Gasteiger partial charge on any atom is 0.337 e. The van der Waals surface area contributed by atoms with Gasteiger partial charge in [-0.15, -0.1) is 0 Å². The van der Waals surface area contributed by atoms with Crippen LogP contribution in [0.1, 0.15) is 20.7 Å². The number of aromatic carboxylic acids is 1. The van der Waals surface area contributed by atoms with Gasteiger partial charge in [-0.1, -0.05) is 15.9 Å². The van der Waals surface area contributed by atoms with Crippen molar-refractivity contribution in [2.75, 3.05) is 5.32 Å². The molecule has 0 aliphatic rings. The van der Waals surface area contributed by atoms with Gasteiger partial charge < -0.3 is 15.4 Å². The topological polar surface area (TPSA) is 99.3 Å². The van der Waals surface area contributed by atoms with Crippen LogP contribution in [0.5, 0.6) is 0 Å². The molecule has 3 N–H and O–H groups in total. The molecule has 1 heterocycles. The third-order valence-electron chi connectivity index (χ3n) is 2.51. The van der Waals surface area contributed by atoms with Gasteiger partial charge in [0.1, 0.15) is 0 Å². The number of hydrogen-bond acceptors (Lipinski definition) is 3. The smallest absolute Gasteiger partial charge is 0.337 e. The van der Waals surface area contributed by atoms with Gasteiger partial charge in [-0.3, -0.25) is 9.59 Å². The molecule has 0 radical (unpaired) electrons. The van der Waals surface area contributed by atoms with Gasteiger partial charge in [-0.25, -0.2) is 4.79 Å². The summed E-state index contributed by atoms with van der Waals surface area (Å²) in [4.78, 5) is 36.3. The standard InChI is InChI=1S/C13H9BrN2O4/c14-8-2-3-9(13(19)20)10(5-8)16-12(18)7-1-4-11(17)15-6-7/h1-6H,(H,15,17)(H,16,18)(H,19,20). The Hall–Kier alpha value is -2.41. The number of carbonyl (C=O) groups is 2. The fourth-order valence-electron chi connectivity index (χ4n) is 1.55. The third kappa shape index (κ3) is 3.12. The summed E-state index contributed by atoms with van der Waals surface area (Å²) in [6, 6.07) is 7.02. The molecular formula is C13H9BrN2O4. The number of aromatic amines is 1. The fraction of sp³-hybridized carbons (Fsp3) is 0. The van der Waals surface area contributed by atoms with E-state index in [-0.39, 0.29) is 22.4 Å². The summed E-state index contributed by atoms with van der Waals surface area (Å²) >= 11 is 3.21. The Kier molecular flexibility index (Phi) is 3.99. The van der Waals surface area contributed by atoms with Gasteiger partial charge >= 0.3 is 5.97 Å². The Morgan fingerprint density at radius 2 is 1.95 bits per heavy atom. The number of nitrogens with one attached hydrogen (secondary N) is 2. The zero-order valence-electron chi connectivity index (χ0n) is 10.0. The molecule has 0 aliphatic carbocycles. The maximum atomic E-state index is 12.0. The molecule has 0 atom stereocenters. The number of halogens is 1. The first-order valence-corrected chi connectivity index (χ1v) is 6.29. The molecule has 6 nitrogen and oxygen atoms in total. The monoisotopic (exact) mass is 336 g/mol. The van der Waals surface area contributed by atoms with Crippen molar-refractivity contribution in [1.82, 2.24) is 4.98 Å². The molecule has 2 rings (SSSR count). The minimum absolute atomic E-state index is 0.0222. The predicted molar refractivity (Wildman–Crippen MR) is 76.1 cm³/mol. The number of carboxylic acid groups (broad SMARTS) is 1. The van der Waals surface area contributed by atoms with Crippen molar-refractivity contribution >= 4 is 33.5 Å². The van der Waals surface area contributed by atoms with Crippen LogP contribution in [0.3, 0.4) is 0 Å². The number of amides is 1. The van der Waals surface area contributed by atoms with E-state index in [0.717, 1.165) is 0 Å². The molecule has 20 heavy (non-hydrogen) atoms. The Balaban J connectivity index is 2.32. The van der Waals surface area contributed by atoms with E-state index in [2.05, 4.69) is 26.2 Å². The summed E-state index contributed by atoms with van der Waals surface area (Å²) in [7, 11) is 0. The molecular weight excluding hydrogens is 328 g/mol. The van der Waals surface area contributed by atoms with Crippen molar-refractivity contribution in [3.8, 4) is 0 Å². The van der Waals surface area contributed by atoms with Crippen LogP contribution in [0.25, 0.3) is 0 Å². The lowest BCUT2D eigenvalue weighted by atomic mass is 10.1. The number of rotatable bonds is 3. The number of H-pyrrole nitrogens is 1. The molecule has 1 amide bonds. The highest BCUT2D eigenvalue weighted by atomic mass is 79.9. The number of pyridine rings is 1. The Morgan fingerprint density at radius 3 is 2.55 bits per heavy atom. The number of hydrogen-bond donors (Lipinski definition) is 3. The van der Waals surface area contributed by atoms with Gasteiger partial charge in [-0.2, -0.15) is 0 Å². The SMILES string of the molecule is O=C(Nc1cc(Br)ccc1C(=O)O)c1ccc(=O)[nH]c1. The zero-order chi connectivity index (χ0) is 14.7. The maximum absolute atomic E-state index is 12.0. The van der Waals surface area contributed by atoms with Crippen molar-refractivity contribution in [3.05, 3.63) is 62.5 Å². The van der Waals surface area contributed by atoms with Gasteiger partial charge in [0.05, 0.1) is 16.8 Å². The summed E-state index contributed by atoms with van der Waals surface area (Å²) in [5.74, 6) is -1.66. The van der Waals surface area contributed by atoms with Crippen LogP contribution in [0.2, 0.25) is 0 Å². The van der Waals surface area contributed by atoms with Crippen LogP contribution in [0, 0.1) is 0 Å². The zero-order valence-corrected chi connectivity index (χ0v) is 11.6. The van der Waals surface area contributed by atoms with Gasteiger partial charge in [0.15, 0.2) is 0 Å². The van der Waals surface area contributed by atoms with Crippen LogP contribution in [0.15, 0.2) is 45.8 Å². The number of carbonyl (C=O) groups excluding carboxylic acids is 1. The Morgan fingerprint density at radius 1 is 1.20 bits per heavy atom. The molecule has 1 aromatic heterocycles. The predicted octanol–water partition coefficient (Wildman–Crippen LogP) is 2.09. The summed E-state index contributed by atoms with van der Waals surface area (Å²) in [6.07, 6.45) is 1.26. The van der Waals surface area contributed by atoms with E-state index in [0.29, 0.717) is 4.47 Å². The van der Waals surface area contributed by atoms with Crippen LogP contribution in [-0.2, 0) is 0 Å². The molecule has 0 spiro atoms. The molecule has 0 bridgehead atoms. The normalized spacial score (nSPS) is 10.1. The van der Waals surface area contributed by atoms with Crippen LogP contribution in [-0.4, -0.2) is 22.0 Å². The van der Waals surface area contributed by atoms with E-state index in [1.807, 2.05) is 0 Å². The first-order chi connectivity index (χ1) is 9.47. The molecule has 7 heteroatoms. The molecule has 2 aromatic rings. The largest absolute Gasteiger partial charge is 0.478 e. The molecule has 0 aliphatic heterocycles. The van der Waals surface area contributed by atoms with Crippen molar-refractivity contribution in [1.29, 1.82) is 0 Å². The van der Waals surface area contributed by atoms with Crippen LogP contribution in [0.4, 0.5) is 5.69 Å². The van der Waals surface area contributed by atoms with Crippen molar-refractivity contribution < 1.29 is 14.7 Å². The van der Waals surface area contributed by atoms with Gasteiger partial charge in [-0.05, 0) is 24.3 Å². The summed E-state index contributed by atoms with van der Waals surface area (Å²) < 4.78 is 0.638. The van der Waals surface area contributed by atoms with Crippen molar-refractivity contribution in [3.63, 3.8) is 0 Å². The third-order valence-corrected chi connectivity index (χ3v) is 3.00. The van der Waals surface area contributed by atoms with E-state index in [1.165, 1.54) is 30.5 Å². The van der Waals surface area contributed by atoms with Crippen LogP contribution >= 0.6 is 15.9 Å². The first-order valence-electron chi connectivity index (χ1n) is 5.50. The summed E-state index contributed by atoms with van der Waals surface area (Å²) in [5.41, 5.74) is 0.0465. The number of anilines is 1. The Labute approximate surface area is 121 Å².